The van der Waals surface area contributed by atoms with Gasteiger partial charge in [-0.3, -0.25) is 4.79 Å². The molecule has 0 aromatic carbocycles. The topological polar surface area (TPSA) is 125 Å². The van der Waals surface area contributed by atoms with E-state index in [0.29, 0.717) is 30.7 Å². The standard InChI is InChI=1S/C24H32N4O6S/c1-5-10-34-24(33)27-12-16(11-15(27)6-7-17-25-8-9-26(17)4)35-21-13(2)19-18(14(3)29)22(30)28(19)20(21)23(31)32/h5,8-9,13-16,18-19,29H,1,6-7,10-12H2,2-4H3,(H,31,32)/t13-,14-,15+,16+,18-,19-/m1/s1. The van der Waals surface area contributed by atoms with Crippen molar-refractivity contribution >= 4 is 29.7 Å². The average Bonchev–Trinajstić information content (AvgIpc) is 3.46. The predicted octanol–water partition coefficient (Wildman–Crippen LogP) is 2.01. The Bertz CT molecular complexity index is 1050. The number of aliphatic carboxylic acids is 1. The van der Waals surface area contributed by atoms with Crippen LogP contribution in [-0.4, -0.2) is 84.1 Å². The van der Waals surface area contributed by atoms with Gasteiger partial charge in [-0.2, -0.15) is 0 Å². The van der Waals surface area contributed by atoms with E-state index in [1.54, 1.807) is 18.0 Å². The molecular formula is C24H32N4O6S. The second-order valence-electron chi connectivity index (χ2n) is 9.41. The van der Waals surface area contributed by atoms with Crippen molar-refractivity contribution in [1.82, 2.24) is 19.4 Å². The Morgan fingerprint density at radius 3 is 2.77 bits per heavy atom. The zero-order valence-corrected chi connectivity index (χ0v) is 21.0. The maximum atomic E-state index is 12.8. The van der Waals surface area contributed by atoms with Crippen LogP contribution in [0, 0.1) is 11.8 Å². The summed E-state index contributed by atoms with van der Waals surface area (Å²) in [6.45, 7) is 7.59. The number of imidazole rings is 1. The number of carbonyl (C=O) groups is 3. The van der Waals surface area contributed by atoms with E-state index in [2.05, 4.69) is 11.6 Å². The lowest BCUT2D eigenvalue weighted by Gasteiger charge is -2.46. The average molecular weight is 505 g/mol. The molecule has 0 unspecified atom stereocenters. The molecule has 35 heavy (non-hydrogen) atoms. The number of hydrogen-bond acceptors (Lipinski definition) is 7. The van der Waals surface area contributed by atoms with Crippen molar-refractivity contribution in [2.75, 3.05) is 13.2 Å². The minimum absolute atomic E-state index is 0.00615. The lowest BCUT2D eigenvalue weighted by atomic mass is 9.79. The number of thioether (sulfide) groups is 1. The van der Waals surface area contributed by atoms with Crippen molar-refractivity contribution in [3.05, 3.63) is 41.5 Å². The summed E-state index contributed by atoms with van der Waals surface area (Å²) in [4.78, 5) is 45.6. The third-order valence-corrected chi connectivity index (χ3v) is 8.66. The van der Waals surface area contributed by atoms with E-state index in [9.17, 15) is 24.6 Å². The molecule has 3 aliphatic heterocycles. The molecule has 11 heteroatoms. The van der Waals surface area contributed by atoms with Gasteiger partial charge in [0, 0.05) is 54.5 Å². The number of fused-ring (bicyclic) bond motifs is 1. The van der Waals surface area contributed by atoms with Gasteiger partial charge >= 0.3 is 12.1 Å². The number of aromatic nitrogens is 2. The summed E-state index contributed by atoms with van der Waals surface area (Å²) in [6.07, 6.45) is 5.93. The highest BCUT2D eigenvalue weighted by molar-refractivity contribution is 8.03. The molecule has 6 atom stereocenters. The van der Waals surface area contributed by atoms with Crippen LogP contribution in [0.2, 0.25) is 0 Å². The number of nitrogens with zero attached hydrogens (tertiary/aromatic N) is 4. The first kappa shape index (κ1) is 25.3. The molecule has 1 aromatic rings. The fourth-order valence-corrected chi connectivity index (χ4v) is 7.02. The summed E-state index contributed by atoms with van der Waals surface area (Å²) >= 11 is 1.43. The molecule has 3 aliphatic rings. The van der Waals surface area contributed by atoms with Crippen LogP contribution in [0.25, 0.3) is 0 Å². The Kier molecular flexibility index (Phi) is 7.27. The molecule has 1 aromatic heterocycles. The van der Waals surface area contributed by atoms with Crippen LogP contribution in [0.15, 0.2) is 35.7 Å². The van der Waals surface area contributed by atoms with Gasteiger partial charge in [0.25, 0.3) is 0 Å². The number of hydrogen-bond donors (Lipinski definition) is 2. The summed E-state index contributed by atoms with van der Waals surface area (Å²) in [5.41, 5.74) is 0.00615. The first-order chi connectivity index (χ1) is 16.6. The summed E-state index contributed by atoms with van der Waals surface area (Å²) in [6, 6.07) is -0.443. The molecule has 2 amide bonds. The maximum absolute atomic E-state index is 12.8. The summed E-state index contributed by atoms with van der Waals surface area (Å²) in [7, 11) is 1.93. The van der Waals surface area contributed by atoms with Gasteiger partial charge in [0.05, 0.1) is 18.1 Å². The van der Waals surface area contributed by atoms with Gasteiger partial charge in [0.2, 0.25) is 5.91 Å². The highest BCUT2D eigenvalue weighted by Gasteiger charge is 2.60. The van der Waals surface area contributed by atoms with Crippen molar-refractivity contribution < 1.29 is 29.3 Å². The third-order valence-electron chi connectivity index (χ3n) is 7.16. The normalized spacial score (nSPS) is 28.7. The van der Waals surface area contributed by atoms with Gasteiger partial charge in [-0.25, -0.2) is 14.6 Å². The fourth-order valence-electron chi connectivity index (χ4n) is 5.46. The number of ether oxygens (including phenoxy) is 1. The van der Waals surface area contributed by atoms with E-state index in [0.717, 1.165) is 5.82 Å². The minimum Gasteiger partial charge on any atom is -0.477 e. The van der Waals surface area contributed by atoms with Crippen LogP contribution in [0.3, 0.4) is 0 Å². The Balaban J connectivity index is 1.52. The number of rotatable bonds is 9. The molecule has 4 heterocycles. The fraction of sp³-hybridized carbons (Fsp3) is 0.583. The van der Waals surface area contributed by atoms with E-state index in [1.807, 2.05) is 24.7 Å². The monoisotopic (exact) mass is 504 g/mol. The molecule has 0 radical (unpaired) electrons. The zero-order chi connectivity index (χ0) is 25.4. The summed E-state index contributed by atoms with van der Waals surface area (Å²) in [5.74, 6) is -1.38. The van der Waals surface area contributed by atoms with Crippen LogP contribution >= 0.6 is 11.8 Å². The summed E-state index contributed by atoms with van der Waals surface area (Å²) < 4.78 is 7.27. The Hall–Kier alpha value is -2.79. The largest absolute Gasteiger partial charge is 0.477 e. The van der Waals surface area contributed by atoms with Crippen LogP contribution in [0.4, 0.5) is 4.79 Å². The molecule has 0 bridgehead atoms. The van der Waals surface area contributed by atoms with Crippen LogP contribution in [-0.2, 0) is 27.8 Å². The van der Waals surface area contributed by atoms with Crippen molar-refractivity contribution in [1.29, 1.82) is 0 Å². The van der Waals surface area contributed by atoms with Crippen molar-refractivity contribution in [3.63, 3.8) is 0 Å². The van der Waals surface area contributed by atoms with Gasteiger partial charge in [-0.05, 0) is 19.8 Å². The number of carboxylic acid groups (broad SMARTS) is 1. The van der Waals surface area contributed by atoms with E-state index in [-0.39, 0.29) is 41.5 Å². The van der Waals surface area contributed by atoms with Crippen LogP contribution < -0.4 is 0 Å². The second kappa shape index (κ2) is 10.1. The number of aryl methyl sites for hydroxylation is 2. The Morgan fingerprint density at radius 1 is 1.43 bits per heavy atom. The first-order valence-corrected chi connectivity index (χ1v) is 12.7. The van der Waals surface area contributed by atoms with Crippen molar-refractivity contribution in [3.8, 4) is 0 Å². The zero-order valence-electron chi connectivity index (χ0n) is 20.2. The van der Waals surface area contributed by atoms with E-state index in [4.69, 9.17) is 4.74 Å². The molecule has 0 aliphatic carbocycles. The molecule has 2 fully saturated rings. The quantitative estimate of drug-likeness (QED) is 0.386. The molecular weight excluding hydrogens is 472 g/mol. The molecule has 2 saturated heterocycles. The van der Waals surface area contributed by atoms with Gasteiger partial charge in [0.1, 0.15) is 18.1 Å². The number of β-lactam (4-membered cyclic amide) rings is 1. The molecule has 4 rings (SSSR count). The van der Waals surface area contributed by atoms with E-state index >= 15 is 0 Å². The number of carboxylic acids is 1. The van der Waals surface area contributed by atoms with Gasteiger partial charge in [0.15, 0.2) is 0 Å². The SMILES string of the molecule is C=CCOC(=O)N1C[C@@H](SC2=C(C(=O)O)N3C(=O)[C@H]([C@@H](C)O)[C@H]3[C@H]2C)C[C@@H]1CCc1nccn1C. The van der Waals surface area contributed by atoms with Crippen molar-refractivity contribution in [2.24, 2.45) is 18.9 Å². The number of amides is 2. The number of likely N-dealkylation sites (tertiary alicyclic amines) is 1. The van der Waals surface area contributed by atoms with Crippen LogP contribution in [0.5, 0.6) is 0 Å². The Morgan fingerprint density at radius 2 is 2.17 bits per heavy atom. The first-order valence-electron chi connectivity index (χ1n) is 11.8. The van der Waals surface area contributed by atoms with E-state index < -0.39 is 24.1 Å². The maximum Gasteiger partial charge on any atom is 0.410 e. The van der Waals surface area contributed by atoms with Crippen LogP contribution in [0.1, 0.15) is 32.5 Å². The number of aliphatic hydroxyl groups is 1. The second-order valence-corrected chi connectivity index (χ2v) is 10.8. The third kappa shape index (κ3) is 4.58. The molecule has 190 valence electrons. The highest BCUT2D eigenvalue weighted by atomic mass is 32.2. The van der Waals surface area contributed by atoms with Gasteiger partial charge in [-0.1, -0.05) is 19.6 Å². The lowest BCUT2D eigenvalue weighted by Crippen LogP contribution is -2.63. The van der Waals surface area contributed by atoms with E-state index in [1.165, 1.54) is 22.7 Å². The van der Waals surface area contributed by atoms with Gasteiger partial charge in [-0.15, -0.1) is 11.8 Å². The summed E-state index contributed by atoms with van der Waals surface area (Å²) in [5, 5.41) is 19.9. The molecule has 10 nitrogen and oxygen atoms in total. The smallest absolute Gasteiger partial charge is 0.410 e. The number of carbonyl (C=O) groups excluding carboxylic acids is 2. The minimum atomic E-state index is -1.15. The number of aliphatic hydroxyl groups excluding tert-OH is 1. The molecule has 0 spiro atoms. The highest BCUT2D eigenvalue weighted by Crippen LogP contribution is 2.52. The molecule has 2 N–H and O–H groups in total. The molecule has 0 saturated carbocycles. The van der Waals surface area contributed by atoms with Gasteiger partial charge < -0.3 is 29.3 Å². The Labute approximate surface area is 208 Å². The van der Waals surface area contributed by atoms with Crippen molar-refractivity contribution in [2.45, 2.75) is 56.5 Å². The predicted molar refractivity (Wildman–Crippen MR) is 129 cm³/mol. The lowest BCUT2D eigenvalue weighted by molar-refractivity contribution is -0.163.